The third-order valence-corrected chi connectivity index (χ3v) is 3.07. The van der Waals surface area contributed by atoms with Crippen molar-refractivity contribution >= 4 is 11.9 Å². The van der Waals surface area contributed by atoms with E-state index in [2.05, 4.69) is 10.2 Å². The molecule has 2 heterocycles. The van der Waals surface area contributed by atoms with Crippen molar-refractivity contribution in [3.63, 3.8) is 0 Å². The van der Waals surface area contributed by atoms with Crippen LogP contribution < -0.4 is 0 Å². The van der Waals surface area contributed by atoms with Gasteiger partial charge in [-0.1, -0.05) is 13.8 Å². The maximum Gasteiger partial charge on any atom is 0.356 e. The second-order valence-electron chi connectivity index (χ2n) is 5.00. The Morgan fingerprint density at radius 3 is 2.83 bits per heavy atom. The Morgan fingerprint density at radius 1 is 1.50 bits per heavy atom. The molecule has 0 unspecified atom stereocenters. The first kappa shape index (κ1) is 12.6. The fraction of sp³-hybridized carbons (Fsp3) is 0.583. The molecule has 2 rings (SSSR count). The normalized spacial score (nSPS) is 14.7. The van der Waals surface area contributed by atoms with Crippen molar-refractivity contribution in [3.05, 3.63) is 17.0 Å². The Bertz CT molecular complexity index is 479. The lowest BCUT2D eigenvalue weighted by molar-refractivity contribution is -0.132. The lowest BCUT2D eigenvalue weighted by Gasteiger charge is -2.27. The molecule has 1 aromatic heterocycles. The first-order chi connectivity index (χ1) is 8.49. The van der Waals surface area contributed by atoms with Crippen LogP contribution in [0.1, 0.15) is 42.0 Å². The van der Waals surface area contributed by atoms with Crippen molar-refractivity contribution in [3.8, 4) is 0 Å². The molecular weight excluding hydrogens is 234 g/mol. The SMILES string of the molecule is CC(C)CC(=O)N1CCc2[nH]nc(C(=O)O)c2C1. The number of aromatic carboxylic acids is 1. The fourth-order valence-electron chi connectivity index (χ4n) is 2.16. The van der Waals surface area contributed by atoms with Gasteiger partial charge in [0.05, 0.1) is 0 Å². The highest BCUT2D eigenvalue weighted by Crippen LogP contribution is 2.21. The molecule has 0 aromatic carbocycles. The van der Waals surface area contributed by atoms with Crippen molar-refractivity contribution < 1.29 is 14.7 Å². The predicted octanol–water partition coefficient (Wildman–Crippen LogP) is 1.04. The molecular formula is C12H17N3O3. The average Bonchev–Trinajstić information content (AvgIpc) is 2.70. The molecule has 1 aliphatic heterocycles. The monoisotopic (exact) mass is 251 g/mol. The lowest BCUT2D eigenvalue weighted by Crippen LogP contribution is -2.36. The zero-order valence-electron chi connectivity index (χ0n) is 10.6. The first-order valence-electron chi connectivity index (χ1n) is 6.06. The third-order valence-electron chi connectivity index (χ3n) is 3.07. The van der Waals surface area contributed by atoms with Crippen molar-refractivity contribution in [2.75, 3.05) is 6.54 Å². The van der Waals surface area contributed by atoms with Gasteiger partial charge in [-0.2, -0.15) is 5.10 Å². The molecule has 6 nitrogen and oxygen atoms in total. The number of carboxylic acid groups (broad SMARTS) is 1. The van der Waals surface area contributed by atoms with Crippen LogP contribution in [0.4, 0.5) is 0 Å². The quantitative estimate of drug-likeness (QED) is 0.840. The number of carbonyl (C=O) groups is 2. The summed E-state index contributed by atoms with van der Waals surface area (Å²) in [4.78, 5) is 24.7. The molecule has 0 bridgehead atoms. The van der Waals surface area contributed by atoms with Crippen LogP contribution in [0, 0.1) is 5.92 Å². The summed E-state index contributed by atoms with van der Waals surface area (Å²) < 4.78 is 0. The molecule has 0 atom stereocenters. The van der Waals surface area contributed by atoms with E-state index in [1.807, 2.05) is 13.8 Å². The summed E-state index contributed by atoms with van der Waals surface area (Å²) in [6.45, 7) is 4.96. The van der Waals surface area contributed by atoms with Gasteiger partial charge in [-0.25, -0.2) is 4.79 Å². The van der Waals surface area contributed by atoms with Crippen LogP contribution in [0.5, 0.6) is 0 Å². The highest BCUT2D eigenvalue weighted by molar-refractivity contribution is 5.87. The maximum absolute atomic E-state index is 12.0. The Hall–Kier alpha value is -1.85. The van der Waals surface area contributed by atoms with Crippen LogP contribution in [0.15, 0.2) is 0 Å². The Balaban J connectivity index is 2.16. The van der Waals surface area contributed by atoms with Gasteiger partial charge in [0, 0.05) is 37.2 Å². The van der Waals surface area contributed by atoms with Crippen molar-refractivity contribution in [2.45, 2.75) is 33.2 Å². The number of nitrogens with zero attached hydrogens (tertiary/aromatic N) is 2. The molecule has 0 saturated heterocycles. The van der Waals surface area contributed by atoms with Gasteiger partial charge in [-0.15, -0.1) is 0 Å². The average molecular weight is 251 g/mol. The molecule has 98 valence electrons. The Kier molecular flexibility index (Phi) is 3.36. The summed E-state index contributed by atoms with van der Waals surface area (Å²) in [5.41, 5.74) is 1.51. The van der Waals surface area contributed by atoms with Gasteiger partial charge in [0.25, 0.3) is 0 Å². The largest absolute Gasteiger partial charge is 0.476 e. The molecule has 2 N–H and O–H groups in total. The van der Waals surface area contributed by atoms with Crippen LogP contribution in [0.25, 0.3) is 0 Å². The number of hydrogen-bond donors (Lipinski definition) is 2. The summed E-state index contributed by atoms with van der Waals surface area (Å²) in [5.74, 6) is -0.666. The highest BCUT2D eigenvalue weighted by atomic mass is 16.4. The third kappa shape index (κ3) is 2.37. The zero-order valence-corrected chi connectivity index (χ0v) is 10.6. The minimum Gasteiger partial charge on any atom is -0.476 e. The molecule has 0 fully saturated rings. The molecule has 1 aromatic rings. The fourth-order valence-corrected chi connectivity index (χ4v) is 2.16. The number of nitrogens with one attached hydrogen (secondary N) is 1. The van der Waals surface area contributed by atoms with Crippen LogP contribution in [-0.2, 0) is 17.8 Å². The number of aromatic nitrogens is 2. The van der Waals surface area contributed by atoms with E-state index in [1.54, 1.807) is 4.90 Å². The van der Waals surface area contributed by atoms with Crippen LogP contribution in [0.3, 0.4) is 0 Å². The van der Waals surface area contributed by atoms with Crippen molar-refractivity contribution in [1.82, 2.24) is 15.1 Å². The van der Waals surface area contributed by atoms with Crippen molar-refractivity contribution in [1.29, 1.82) is 0 Å². The second-order valence-corrected chi connectivity index (χ2v) is 5.00. The van der Waals surface area contributed by atoms with E-state index in [9.17, 15) is 9.59 Å². The summed E-state index contributed by atoms with van der Waals surface area (Å²) in [6.07, 6.45) is 1.13. The number of aromatic amines is 1. The second kappa shape index (κ2) is 4.80. The van der Waals surface area contributed by atoms with E-state index in [1.165, 1.54) is 0 Å². The minimum absolute atomic E-state index is 0.0343. The number of fused-ring (bicyclic) bond motifs is 1. The van der Waals surface area contributed by atoms with E-state index in [-0.39, 0.29) is 11.6 Å². The van der Waals surface area contributed by atoms with Gasteiger partial charge in [0.1, 0.15) is 0 Å². The van der Waals surface area contributed by atoms with Gasteiger partial charge in [-0.3, -0.25) is 9.89 Å². The molecule has 0 saturated carbocycles. The molecule has 6 heteroatoms. The summed E-state index contributed by atoms with van der Waals surface area (Å²) in [5, 5.41) is 15.5. The number of carboxylic acids is 1. The van der Waals surface area contributed by atoms with Gasteiger partial charge in [-0.05, 0) is 5.92 Å². The zero-order chi connectivity index (χ0) is 13.3. The van der Waals surface area contributed by atoms with Crippen LogP contribution >= 0.6 is 0 Å². The number of hydrogen-bond acceptors (Lipinski definition) is 3. The van der Waals surface area contributed by atoms with Crippen LogP contribution in [0.2, 0.25) is 0 Å². The topological polar surface area (TPSA) is 86.3 Å². The molecule has 0 spiro atoms. The van der Waals surface area contributed by atoms with Crippen LogP contribution in [-0.4, -0.2) is 38.6 Å². The van der Waals surface area contributed by atoms with E-state index >= 15 is 0 Å². The van der Waals surface area contributed by atoms with E-state index in [0.717, 1.165) is 5.69 Å². The predicted molar refractivity (Wildman–Crippen MR) is 64.1 cm³/mol. The number of carbonyl (C=O) groups excluding carboxylic acids is 1. The van der Waals surface area contributed by atoms with E-state index < -0.39 is 5.97 Å². The van der Waals surface area contributed by atoms with E-state index in [4.69, 9.17) is 5.11 Å². The van der Waals surface area contributed by atoms with Gasteiger partial charge in [0.2, 0.25) is 5.91 Å². The summed E-state index contributed by atoms with van der Waals surface area (Å²) in [6, 6.07) is 0. The number of amides is 1. The lowest BCUT2D eigenvalue weighted by atomic mass is 10.0. The molecule has 1 aliphatic rings. The Labute approximate surface area is 105 Å². The minimum atomic E-state index is -1.05. The Morgan fingerprint density at radius 2 is 2.22 bits per heavy atom. The summed E-state index contributed by atoms with van der Waals surface area (Å²) >= 11 is 0. The number of H-pyrrole nitrogens is 1. The molecule has 0 aliphatic carbocycles. The van der Waals surface area contributed by atoms with E-state index in [0.29, 0.717) is 37.4 Å². The maximum atomic E-state index is 12.0. The van der Waals surface area contributed by atoms with Crippen molar-refractivity contribution in [2.24, 2.45) is 5.92 Å². The van der Waals surface area contributed by atoms with Gasteiger partial charge >= 0.3 is 5.97 Å². The number of rotatable bonds is 3. The smallest absolute Gasteiger partial charge is 0.356 e. The highest BCUT2D eigenvalue weighted by Gasteiger charge is 2.27. The van der Waals surface area contributed by atoms with Gasteiger partial charge in [0.15, 0.2) is 5.69 Å². The summed E-state index contributed by atoms with van der Waals surface area (Å²) in [7, 11) is 0. The standard InChI is InChI=1S/C12H17N3O3/c1-7(2)5-10(16)15-4-3-9-8(6-15)11(12(17)18)14-13-9/h7H,3-6H2,1-2H3,(H,13,14)(H,17,18). The molecule has 18 heavy (non-hydrogen) atoms. The van der Waals surface area contributed by atoms with Gasteiger partial charge < -0.3 is 10.0 Å². The molecule has 0 radical (unpaired) electrons. The first-order valence-corrected chi connectivity index (χ1v) is 6.06. The molecule has 1 amide bonds.